The van der Waals surface area contributed by atoms with E-state index in [9.17, 15) is 14.4 Å². The molecule has 1 aliphatic carbocycles. The minimum Gasteiger partial charge on any atom is -0.481 e. The first-order chi connectivity index (χ1) is 16.5. The van der Waals surface area contributed by atoms with E-state index >= 15 is 0 Å². The molecule has 1 atom stereocenters. The molecule has 3 rings (SSSR count). The standard InChI is InChI=1S/C26H32N2O6/c1-2-7-18(16-25(30)31)28-24(29)12-14-33-15-13-27-26(32)34-17-23-21-10-5-3-8-19(21)20-9-4-6-11-22(20)23/h3-6,8-11,18,23H,2,7,12-17H2,1H3,(H,27,32)(H,28,29)(H,30,31)/t18-/m1/s1. The Balaban J connectivity index is 1.32. The molecule has 182 valence electrons. The zero-order chi connectivity index (χ0) is 24.3. The van der Waals surface area contributed by atoms with E-state index in [1.54, 1.807) is 0 Å². The summed E-state index contributed by atoms with van der Waals surface area (Å²) in [6.45, 7) is 2.87. The lowest BCUT2D eigenvalue weighted by atomic mass is 9.98. The maximum absolute atomic E-state index is 12.1. The van der Waals surface area contributed by atoms with Gasteiger partial charge in [-0.2, -0.15) is 0 Å². The number of aliphatic carboxylic acids is 1. The van der Waals surface area contributed by atoms with Crippen LogP contribution in [0.25, 0.3) is 11.1 Å². The molecule has 8 nitrogen and oxygen atoms in total. The maximum Gasteiger partial charge on any atom is 0.407 e. The van der Waals surface area contributed by atoms with Crippen molar-refractivity contribution in [3.63, 3.8) is 0 Å². The van der Waals surface area contributed by atoms with Crippen LogP contribution >= 0.6 is 0 Å². The molecule has 0 aromatic heterocycles. The summed E-state index contributed by atoms with van der Waals surface area (Å²) in [5.74, 6) is -1.18. The number of hydrogen-bond acceptors (Lipinski definition) is 5. The lowest BCUT2D eigenvalue weighted by molar-refractivity contribution is -0.137. The molecule has 2 aromatic rings. The van der Waals surface area contributed by atoms with E-state index in [0.717, 1.165) is 17.5 Å². The van der Waals surface area contributed by atoms with Crippen LogP contribution in [0.3, 0.4) is 0 Å². The lowest BCUT2D eigenvalue weighted by Crippen LogP contribution is -2.37. The van der Waals surface area contributed by atoms with Gasteiger partial charge in [-0.1, -0.05) is 61.9 Å². The zero-order valence-corrected chi connectivity index (χ0v) is 19.4. The minimum atomic E-state index is -0.936. The topological polar surface area (TPSA) is 114 Å². The van der Waals surface area contributed by atoms with Gasteiger partial charge in [-0.3, -0.25) is 9.59 Å². The van der Waals surface area contributed by atoms with E-state index in [2.05, 4.69) is 34.9 Å². The van der Waals surface area contributed by atoms with E-state index in [1.807, 2.05) is 31.2 Å². The molecule has 0 radical (unpaired) electrons. The average molecular weight is 469 g/mol. The third kappa shape index (κ3) is 7.05. The van der Waals surface area contributed by atoms with Gasteiger partial charge in [-0.05, 0) is 28.7 Å². The third-order valence-electron chi connectivity index (χ3n) is 5.76. The van der Waals surface area contributed by atoms with Gasteiger partial charge in [0.15, 0.2) is 0 Å². The number of alkyl carbamates (subject to hydrolysis) is 1. The molecular weight excluding hydrogens is 436 g/mol. The van der Waals surface area contributed by atoms with Gasteiger partial charge in [0.1, 0.15) is 6.61 Å². The number of carbonyl (C=O) groups is 3. The van der Waals surface area contributed by atoms with E-state index in [-0.39, 0.29) is 57.1 Å². The Morgan fingerprint density at radius 3 is 2.26 bits per heavy atom. The Bertz CT molecular complexity index is 947. The molecule has 0 fully saturated rings. The molecule has 8 heteroatoms. The van der Waals surface area contributed by atoms with Crippen molar-refractivity contribution in [3.05, 3.63) is 59.7 Å². The van der Waals surface area contributed by atoms with Crippen LogP contribution in [0.15, 0.2) is 48.5 Å². The molecule has 0 saturated heterocycles. The maximum atomic E-state index is 12.1. The fourth-order valence-corrected chi connectivity index (χ4v) is 4.23. The predicted octanol–water partition coefficient (Wildman–Crippen LogP) is 3.69. The van der Waals surface area contributed by atoms with Crippen LogP contribution in [0.4, 0.5) is 4.79 Å². The molecule has 0 spiro atoms. The smallest absolute Gasteiger partial charge is 0.407 e. The summed E-state index contributed by atoms with van der Waals surface area (Å²) in [6, 6.07) is 15.9. The number of benzene rings is 2. The number of rotatable bonds is 13. The molecule has 0 saturated carbocycles. The molecule has 0 heterocycles. The number of fused-ring (bicyclic) bond motifs is 3. The van der Waals surface area contributed by atoms with Gasteiger partial charge in [0, 0.05) is 24.9 Å². The summed E-state index contributed by atoms with van der Waals surface area (Å²) in [7, 11) is 0. The number of amides is 2. The Hall–Kier alpha value is -3.39. The van der Waals surface area contributed by atoms with Crippen molar-refractivity contribution in [1.82, 2.24) is 10.6 Å². The van der Waals surface area contributed by atoms with Crippen LogP contribution in [0.1, 0.15) is 49.7 Å². The summed E-state index contributed by atoms with van der Waals surface area (Å²) in [4.78, 5) is 35.0. The molecular formula is C26H32N2O6. The van der Waals surface area contributed by atoms with E-state index in [4.69, 9.17) is 14.6 Å². The number of ether oxygens (including phenoxy) is 2. The molecule has 0 aliphatic heterocycles. The highest BCUT2D eigenvalue weighted by Gasteiger charge is 2.28. The van der Waals surface area contributed by atoms with Crippen molar-refractivity contribution in [2.75, 3.05) is 26.4 Å². The predicted molar refractivity (Wildman–Crippen MR) is 128 cm³/mol. The SMILES string of the molecule is CCC[C@H](CC(=O)O)NC(=O)CCOCCNC(=O)OCC1c2ccccc2-c2ccccc21. The number of carboxylic acid groups (broad SMARTS) is 1. The quantitative estimate of drug-likeness (QED) is 0.386. The summed E-state index contributed by atoms with van der Waals surface area (Å²) in [5.41, 5.74) is 4.66. The number of carbonyl (C=O) groups excluding carboxylic acids is 2. The first-order valence-electron chi connectivity index (χ1n) is 11.7. The van der Waals surface area contributed by atoms with Crippen molar-refractivity contribution in [1.29, 1.82) is 0 Å². The van der Waals surface area contributed by atoms with Crippen molar-refractivity contribution >= 4 is 18.0 Å². The van der Waals surface area contributed by atoms with Gasteiger partial charge in [0.25, 0.3) is 0 Å². The zero-order valence-electron chi connectivity index (χ0n) is 19.4. The fourth-order valence-electron chi connectivity index (χ4n) is 4.23. The Kier molecular flexibility index (Phi) is 9.46. The van der Waals surface area contributed by atoms with Gasteiger partial charge in [0.05, 0.1) is 19.6 Å². The van der Waals surface area contributed by atoms with Crippen LogP contribution in [0.5, 0.6) is 0 Å². The molecule has 34 heavy (non-hydrogen) atoms. The second kappa shape index (κ2) is 12.7. The average Bonchev–Trinajstić information content (AvgIpc) is 3.13. The molecule has 1 aliphatic rings. The van der Waals surface area contributed by atoms with Crippen molar-refractivity contribution < 1.29 is 29.0 Å². The molecule has 2 amide bonds. The minimum absolute atomic E-state index is 0.00516. The first kappa shape index (κ1) is 25.2. The molecule has 3 N–H and O–H groups in total. The van der Waals surface area contributed by atoms with Crippen molar-refractivity contribution in [2.45, 2.75) is 44.6 Å². The van der Waals surface area contributed by atoms with Gasteiger partial charge in [-0.15, -0.1) is 0 Å². The third-order valence-corrected chi connectivity index (χ3v) is 5.76. The number of nitrogens with one attached hydrogen (secondary N) is 2. The van der Waals surface area contributed by atoms with Crippen LogP contribution in [0.2, 0.25) is 0 Å². The summed E-state index contributed by atoms with van der Waals surface area (Å²) in [5, 5.41) is 14.3. The van der Waals surface area contributed by atoms with Crippen LogP contribution in [0, 0.1) is 0 Å². The number of carboxylic acids is 1. The summed E-state index contributed by atoms with van der Waals surface area (Å²) in [6.07, 6.45) is 0.924. The lowest BCUT2D eigenvalue weighted by Gasteiger charge is -2.16. The van der Waals surface area contributed by atoms with Gasteiger partial charge >= 0.3 is 12.1 Å². The normalized spacial score (nSPS) is 13.0. The summed E-state index contributed by atoms with van der Waals surface area (Å²) >= 11 is 0. The highest BCUT2D eigenvalue weighted by molar-refractivity contribution is 5.79. The highest BCUT2D eigenvalue weighted by atomic mass is 16.5. The molecule has 2 aromatic carbocycles. The second-order valence-electron chi connectivity index (χ2n) is 8.27. The Morgan fingerprint density at radius 2 is 1.65 bits per heavy atom. The van der Waals surface area contributed by atoms with Crippen LogP contribution in [-0.4, -0.2) is 55.5 Å². The van der Waals surface area contributed by atoms with Gasteiger partial charge in [0.2, 0.25) is 5.91 Å². The Morgan fingerprint density at radius 1 is 1.00 bits per heavy atom. The van der Waals surface area contributed by atoms with Gasteiger partial charge < -0.3 is 25.2 Å². The van der Waals surface area contributed by atoms with Gasteiger partial charge in [-0.25, -0.2) is 4.79 Å². The summed E-state index contributed by atoms with van der Waals surface area (Å²) < 4.78 is 10.9. The van der Waals surface area contributed by atoms with E-state index < -0.39 is 12.1 Å². The van der Waals surface area contributed by atoms with E-state index in [1.165, 1.54) is 11.1 Å². The van der Waals surface area contributed by atoms with Crippen molar-refractivity contribution in [3.8, 4) is 11.1 Å². The monoisotopic (exact) mass is 468 g/mol. The van der Waals surface area contributed by atoms with Crippen LogP contribution in [-0.2, 0) is 19.1 Å². The first-order valence-corrected chi connectivity index (χ1v) is 11.7. The van der Waals surface area contributed by atoms with E-state index in [0.29, 0.717) is 6.42 Å². The molecule has 0 unspecified atom stereocenters. The Labute approximate surface area is 199 Å². The number of hydrogen-bond donors (Lipinski definition) is 3. The largest absolute Gasteiger partial charge is 0.481 e. The van der Waals surface area contributed by atoms with Crippen molar-refractivity contribution in [2.24, 2.45) is 0 Å². The highest BCUT2D eigenvalue weighted by Crippen LogP contribution is 2.44. The second-order valence-corrected chi connectivity index (χ2v) is 8.27. The fraction of sp³-hybridized carbons (Fsp3) is 0.423. The van der Waals surface area contributed by atoms with Crippen LogP contribution < -0.4 is 10.6 Å². The molecule has 0 bridgehead atoms.